The number of alkyl halides is 1. The van der Waals surface area contributed by atoms with Gasteiger partial charge in [0.25, 0.3) is 0 Å². The average molecular weight is 238 g/mol. The smallest absolute Gasteiger partial charge is 0.325 e. The Morgan fingerprint density at radius 2 is 2.08 bits per heavy atom. The van der Waals surface area contributed by atoms with E-state index in [-0.39, 0.29) is 12.5 Å². The van der Waals surface area contributed by atoms with E-state index in [0.29, 0.717) is 11.8 Å². The Balaban J connectivity index is 3.78. The van der Waals surface area contributed by atoms with Gasteiger partial charge in [-0.1, -0.05) is 15.9 Å². The molecule has 70 valence electrons. The SMILES string of the molecule is COC(=O)CN(C)C(=O)CCBr. The third-order valence-corrected chi connectivity index (χ3v) is 1.72. The largest absolute Gasteiger partial charge is 0.468 e. The van der Waals surface area contributed by atoms with Gasteiger partial charge in [0.15, 0.2) is 0 Å². The predicted octanol–water partition coefficient (Wildman–Crippen LogP) is 0.403. The number of halogens is 1. The van der Waals surface area contributed by atoms with Crippen molar-refractivity contribution in [3.8, 4) is 0 Å². The second kappa shape index (κ2) is 5.99. The highest BCUT2D eigenvalue weighted by molar-refractivity contribution is 9.09. The second-order valence-electron chi connectivity index (χ2n) is 2.26. The maximum absolute atomic E-state index is 11.1. The van der Waals surface area contributed by atoms with Gasteiger partial charge in [-0.2, -0.15) is 0 Å². The minimum absolute atomic E-state index is 0.0162. The third kappa shape index (κ3) is 4.33. The second-order valence-corrected chi connectivity index (χ2v) is 3.06. The van der Waals surface area contributed by atoms with Gasteiger partial charge in [0.2, 0.25) is 5.91 Å². The van der Waals surface area contributed by atoms with Crippen LogP contribution in [0.3, 0.4) is 0 Å². The first kappa shape index (κ1) is 11.4. The van der Waals surface area contributed by atoms with Crippen LogP contribution in [0, 0.1) is 0 Å². The number of esters is 1. The summed E-state index contributed by atoms with van der Waals surface area (Å²) in [5.74, 6) is -0.474. The highest BCUT2D eigenvalue weighted by atomic mass is 79.9. The lowest BCUT2D eigenvalue weighted by atomic mass is 10.4. The number of ether oxygens (including phenoxy) is 1. The van der Waals surface area contributed by atoms with Crippen LogP contribution < -0.4 is 0 Å². The molecule has 0 rings (SSSR count). The van der Waals surface area contributed by atoms with Crippen LogP contribution in [-0.4, -0.2) is 42.8 Å². The number of nitrogens with zero attached hydrogens (tertiary/aromatic N) is 1. The van der Waals surface area contributed by atoms with Gasteiger partial charge in [0.05, 0.1) is 7.11 Å². The number of methoxy groups -OCH3 is 1. The lowest BCUT2D eigenvalue weighted by Crippen LogP contribution is -2.32. The van der Waals surface area contributed by atoms with Crippen molar-refractivity contribution in [3.63, 3.8) is 0 Å². The Morgan fingerprint density at radius 3 is 2.50 bits per heavy atom. The number of hydrogen-bond donors (Lipinski definition) is 0. The molecule has 0 fully saturated rings. The first-order valence-corrected chi connectivity index (χ1v) is 4.60. The van der Waals surface area contributed by atoms with E-state index in [1.165, 1.54) is 12.0 Å². The van der Waals surface area contributed by atoms with E-state index in [1.807, 2.05) is 0 Å². The fourth-order valence-corrected chi connectivity index (χ4v) is 0.957. The van der Waals surface area contributed by atoms with Crippen molar-refractivity contribution in [2.75, 3.05) is 26.0 Å². The van der Waals surface area contributed by atoms with Gasteiger partial charge in [-0.05, 0) is 0 Å². The highest BCUT2D eigenvalue weighted by Crippen LogP contribution is 1.94. The molecule has 0 aliphatic rings. The maximum Gasteiger partial charge on any atom is 0.325 e. The fourth-order valence-electron chi connectivity index (χ4n) is 0.618. The van der Waals surface area contributed by atoms with Crippen molar-refractivity contribution >= 4 is 27.8 Å². The molecule has 0 aliphatic heterocycles. The normalized spacial score (nSPS) is 9.25. The molecular formula is C7H12BrNO3. The summed E-state index contributed by atoms with van der Waals surface area (Å²) in [6.07, 6.45) is 0.396. The van der Waals surface area contributed by atoms with Gasteiger partial charge in [-0.15, -0.1) is 0 Å². The summed E-state index contributed by atoms with van der Waals surface area (Å²) < 4.78 is 4.40. The van der Waals surface area contributed by atoms with Gasteiger partial charge < -0.3 is 9.64 Å². The van der Waals surface area contributed by atoms with Crippen molar-refractivity contribution in [3.05, 3.63) is 0 Å². The molecule has 0 saturated heterocycles. The van der Waals surface area contributed by atoms with Crippen molar-refractivity contribution in [1.82, 2.24) is 4.90 Å². The summed E-state index contributed by atoms with van der Waals surface area (Å²) in [6, 6.07) is 0. The molecule has 0 aromatic carbocycles. The Bertz CT molecular complexity index is 172. The van der Waals surface area contributed by atoms with Crippen molar-refractivity contribution in [1.29, 1.82) is 0 Å². The summed E-state index contributed by atoms with van der Waals surface area (Å²) >= 11 is 3.14. The molecule has 0 N–H and O–H groups in total. The molecule has 5 heteroatoms. The lowest BCUT2D eigenvalue weighted by molar-refractivity contribution is -0.145. The molecule has 0 atom stereocenters. The molecule has 0 radical (unpaired) electrons. The minimum atomic E-state index is -0.402. The number of carbonyl (C=O) groups is 2. The zero-order valence-corrected chi connectivity index (χ0v) is 8.76. The van der Waals surface area contributed by atoms with Crippen LogP contribution in [0.25, 0.3) is 0 Å². The predicted molar refractivity (Wildman–Crippen MR) is 48.1 cm³/mol. The number of likely N-dealkylation sites (N-methyl/N-ethyl adjacent to an activating group) is 1. The third-order valence-electron chi connectivity index (χ3n) is 1.33. The van der Waals surface area contributed by atoms with Gasteiger partial charge in [0.1, 0.15) is 6.54 Å². The molecule has 0 aliphatic carbocycles. The van der Waals surface area contributed by atoms with E-state index in [4.69, 9.17) is 0 Å². The van der Waals surface area contributed by atoms with Crippen LogP contribution in [0.1, 0.15) is 6.42 Å². The number of carbonyl (C=O) groups excluding carboxylic acids is 2. The number of rotatable bonds is 4. The van der Waals surface area contributed by atoms with Crippen LogP contribution >= 0.6 is 15.9 Å². The quantitative estimate of drug-likeness (QED) is 0.526. The van der Waals surface area contributed by atoms with Gasteiger partial charge in [-0.25, -0.2) is 0 Å². The van der Waals surface area contributed by atoms with Crippen molar-refractivity contribution < 1.29 is 14.3 Å². The molecule has 0 unspecified atom stereocenters. The lowest BCUT2D eigenvalue weighted by Gasteiger charge is -2.14. The summed E-state index contributed by atoms with van der Waals surface area (Å²) in [5.41, 5.74) is 0. The van der Waals surface area contributed by atoms with Crippen LogP contribution in [0.2, 0.25) is 0 Å². The standard InChI is InChI=1S/C7H12BrNO3/c1-9(5-7(11)12-2)6(10)3-4-8/h3-5H2,1-2H3. The molecule has 4 nitrogen and oxygen atoms in total. The number of hydrogen-bond acceptors (Lipinski definition) is 3. The molecule has 0 spiro atoms. The van der Waals surface area contributed by atoms with Crippen LogP contribution in [-0.2, 0) is 14.3 Å². The van der Waals surface area contributed by atoms with Crippen molar-refractivity contribution in [2.45, 2.75) is 6.42 Å². The minimum Gasteiger partial charge on any atom is -0.468 e. The Kier molecular flexibility index (Phi) is 5.70. The Morgan fingerprint density at radius 1 is 1.50 bits per heavy atom. The Hall–Kier alpha value is -0.580. The molecule has 1 amide bonds. The zero-order chi connectivity index (χ0) is 9.56. The number of amides is 1. The van der Waals surface area contributed by atoms with Crippen LogP contribution in [0.5, 0.6) is 0 Å². The van der Waals surface area contributed by atoms with E-state index in [9.17, 15) is 9.59 Å². The molecule has 0 bridgehead atoms. The van der Waals surface area contributed by atoms with E-state index in [2.05, 4.69) is 20.7 Å². The summed E-state index contributed by atoms with van der Waals surface area (Å²) in [5, 5.41) is 0.608. The fraction of sp³-hybridized carbons (Fsp3) is 0.714. The summed E-state index contributed by atoms with van der Waals surface area (Å²) in [6.45, 7) is 0.0162. The van der Waals surface area contributed by atoms with Gasteiger partial charge in [-0.3, -0.25) is 9.59 Å². The maximum atomic E-state index is 11.1. The van der Waals surface area contributed by atoms with Gasteiger partial charge >= 0.3 is 5.97 Å². The van der Waals surface area contributed by atoms with E-state index in [0.717, 1.165) is 0 Å². The van der Waals surface area contributed by atoms with E-state index >= 15 is 0 Å². The molecule has 0 aromatic rings. The van der Waals surface area contributed by atoms with Crippen LogP contribution in [0.15, 0.2) is 0 Å². The van der Waals surface area contributed by atoms with Crippen LogP contribution in [0.4, 0.5) is 0 Å². The molecule has 0 saturated carbocycles. The molecule has 0 heterocycles. The monoisotopic (exact) mass is 237 g/mol. The first-order valence-electron chi connectivity index (χ1n) is 3.48. The summed E-state index contributed by atoms with van der Waals surface area (Å²) in [7, 11) is 2.87. The van der Waals surface area contributed by atoms with Gasteiger partial charge in [0, 0.05) is 18.8 Å². The molecule has 0 aromatic heterocycles. The zero-order valence-electron chi connectivity index (χ0n) is 7.17. The highest BCUT2D eigenvalue weighted by Gasteiger charge is 2.11. The summed E-state index contributed by atoms with van der Waals surface area (Å²) in [4.78, 5) is 23.1. The topological polar surface area (TPSA) is 46.6 Å². The van der Waals surface area contributed by atoms with E-state index < -0.39 is 5.97 Å². The average Bonchev–Trinajstić information content (AvgIpc) is 2.04. The van der Waals surface area contributed by atoms with Crippen molar-refractivity contribution in [2.24, 2.45) is 0 Å². The van der Waals surface area contributed by atoms with E-state index in [1.54, 1.807) is 7.05 Å². The molecule has 12 heavy (non-hydrogen) atoms. The molecular weight excluding hydrogens is 226 g/mol. The first-order chi connectivity index (χ1) is 5.61. The Labute approximate surface area is 80.0 Å².